The Morgan fingerprint density at radius 3 is 2.82 bits per heavy atom. The Morgan fingerprint density at radius 1 is 1.24 bits per heavy atom. The lowest BCUT2D eigenvalue weighted by Gasteiger charge is -2.40. The summed E-state index contributed by atoms with van der Waals surface area (Å²) in [6.07, 6.45) is 7.32. The number of hydrogen-bond donors (Lipinski definition) is 0. The molecular formula is C15H28O2. The van der Waals surface area contributed by atoms with Gasteiger partial charge in [0, 0.05) is 13.7 Å². The largest absolute Gasteiger partial charge is 0.384 e. The molecule has 0 aromatic heterocycles. The van der Waals surface area contributed by atoms with Crippen molar-refractivity contribution < 1.29 is 9.47 Å². The number of methoxy groups -OCH3 is 1. The van der Waals surface area contributed by atoms with Gasteiger partial charge in [-0.05, 0) is 49.9 Å². The zero-order chi connectivity index (χ0) is 12.3. The van der Waals surface area contributed by atoms with Crippen LogP contribution in [0.2, 0.25) is 0 Å². The third-order valence-electron chi connectivity index (χ3n) is 4.95. The first-order valence-corrected chi connectivity index (χ1v) is 7.33. The van der Waals surface area contributed by atoms with E-state index in [1.165, 1.54) is 32.1 Å². The van der Waals surface area contributed by atoms with E-state index in [1.807, 2.05) is 7.11 Å². The normalized spacial score (nSPS) is 40.4. The summed E-state index contributed by atoms with van der Waals surface area (Å²) < 4.78 is 11.3. The summed E-state index contributed by atoms with van der Waals surface area (Å²) in [5, 5.41) is 0. The number of rotatable bonds is 3. The fourth-order valence-corrected chi connectivity index (χ4v) is 3.91. The van der Waals surface area contributed by atoms with Crippen molar-refractivity contribution in [2.24, 2.45) is 23.7 Å². The van der Waals surface area contributed by atoms with Crippen molar-refractivity contribution in [2.45, 2.75) is 52.1 Å². The van der Waals surface area contributed by atoms with Crippen LogP contribution in [0.4, 0.5) is 0 Å². The molecule has 0 bridgehead atoms. The molecule has 0 amide bonds. The molecule has 2 nitrogen and oxygen atoms in total. The standard InChI is InChI=1S/C15H28O2/c1-11(9-16-3)14-6-4-5-13-8-7-12(2)17-10-15(13)14/h11-15H,4-10H2,1-3H3/t11?,12?,13?,14-,15?/m0/s1. The molecule has 2 aliphatic rings. The first-order valence-electron chi connectivity index (χ1n) is 7.33. The van der Waals surface area contributed by atoms with Crippen LogP contribution >= 0.6 is 0 Å². The zero-order valence-corrected chi connectivity index (χ0v) is 11.7. The average molecular weight is 240 g/mol. The van der Waals surface area contributed by atoms with Crippen molar-refractivity contribution in [2.75, 3.05) is 20.3 Å². The third-order valence-corrected chi connectivity index (χ3v) is 4.95. The Morgan fingerprint density at radius 2 is 2.06 bits per heavy atom. The van der Waals surface area contributed by atoms with Gasteiger partial charge >= 0.3 is 0 Å². The van der Waals surface area contributed by atoms with Crippen molar-refractivity contribution in [3.05, 3.63) is 0 Å². The van der Waals surface area contributed by atoms with Gasteiger partial charge in [-0.3, -0.25) is 0 Å². The molecule has 1 saturated carbocycles. The minimum absolute atomic E-state index is 0.471. The summed E-state index contributed by atoms with van der Waals surface area (Å²) in [6, 6.07) is 0. The lowest BCUT2D eigenvalue weighted by Crippen LogP contribution is -2.35. The highest BCUT2D eigenvalue weighted by molar-refractivity contribution is 4.86. The second kappa shape index (κ2) is 6.19. The Hall–Kier alpha value is -0.0800. The Bertz CT molecular complexity index is 229. The van der Waals surface area contributed by atoms with Crippen molar-refractivity contribution >= 4 is 0 Å². The van der Waals surface area contributed by atoms with Crippen LogP contribution in [0.1, 0.15) is 46.0 Å². The molecule has 5 atom stereocenters. The molecule has 2 rings (SSSR count). The molecule has 1 saturated heterocycles. The second-order valence-electron chi connectivity index (χ2n) is 6.17. The summed E-state index contributed by atoms with van der Waals surface area (Å²) in [4.78, 5) is 0. The van der Waals surface area contributed by atoms with Gasteiger partial charge in [-0.1, -0.05) is 19.8 Å². The predicted molar refractivity (Wildman–Crippen MR) is 70.0 cm³/mol. The van der Waals surface area contributed by atoms with Crippen LogP contribution in [-0.2, 0) is 9.47 Å². The minimum atomic E-state index is 0.471. The van der Waals surface area contributed by atoms with Crippen molar-refractivity contribution in [1.29, 1.82) is 0 Å². The molecule has 0 N–H and O–H groups in total. The van der Waals surface area contributed by atoms with Gasteiger partial charge in [0.05, 0.1) is 12.7 Å². The summed E-state index contributed by atoms with van der Waals surface area (Å²) >= 11 is 0. The zero-order valence-electron chi connectivity index (χ0n) is 11.7. The summed E-state index contributed by atoms with van der Waals surface area (Å²) in [7, 11) is 1.82. The van der Waals surface area contributed by atoms with Gasteiger partial charge in [0.25, 0.3) is 0 Å². The Balaban J connectivity index is 2.01. The molecule has 2 fully saturated rings. The van der Waals surface area contributed by atoms with Crippen molar-refractivity contribution in [3.8, 4) is 0 Å². The molecule has 4 unspecified atom stereocenters. The quantitative estimate of drug-likeness (QED) is 0.751. The lowest BCUT2D eigenvalue weighted by atomic mass is 9.67. The number of ether oxygens (including phenoxy) is 2. The molecular weight excluding hydrogens is 212 g/mol. The van der Waals surface area contributed by atoms with Gasteiger partial charge in [0.15, 0.2) is 0 Å². The van der Waals surface area contributed by atoms with E-state index in [4.69, 9.17) is 9.47 Å². The third kappa shape index (κ3) is 3.23. The minimum Gasteiger partial charge on any atom is -0.384 e. The maximum absolute atomic E-state index is 5.99. The van der Waals surface area contributed by atoms with E-state index in [1.54, 1.807) is 0 Å². The van der Waals surface area contributed by atoms with E-state index in [9.17, 15) is 0 Å². The topological polar surface area (TPSA) is 18.5 Å². The maximum atomic E-state index is 5.99. The summed E-state index contributed by atoms with van der Waals surface area (Å²) in [6.45, 7) is 6.48. The van der Waals surface area contributed by atoms with E-state index in [0.29, 0.717) is 12.0 Å². The van der Waals surface area contributed by atoms with Crippen LogP contribution in [-0.4, -0.2) is 26.4 Å². The number of hydrogen-bond acceptors (Lipinski definition) is 2. The average Bonchev–Trinajstić information content (AvgIpc) is 2.52. The Kier molecular flexibility index (Phi) is 4.87. The smallest absolute Gasteiger partial charge is 0.0547 e. The van der Waals surface area contributed by atoms with Gasteiger partial charge in [-0.25, -0.2) is 0 Å². The van der Waals surface area contributed by atoms with Gasteiger partial charge in [0.1, 0.15) is 0 Å². The molecule has 0 aromatic carbocycles. The van der Waals surface area contributed by atoms with E-state index in [2.05, 4.69) is 13.8 Å². The molecule has 1 aliphatic carbocycles. The van der Waals surface area contributed by atoms with Crippen LogP contribution < -0.4 is 0 Å². The van der Waals surface area contributed by atoms with E-state index >= 15 is 0 Å². The lowest BCUT2D eigenvalue weighted by molar-refractivity contribution is -0.00635. The molecule has 1 heterocycles. The molecule has 17 heavy (non-hydrogen) atoms. The van der Waals surface area contributed by atoms with Gasteiger partial charge in [0.2, 0.25) is 0 Å². The van der Waals surface area contributed by atoms with Gasteiger partial charge in [-0.15, -0.1) is 0 Å². The van der Waals surface area contributed by atoms with Crippen molar-refractivity contribution in [1.82, 2.24) is 0 Å². The van der Waals surface area contributed by atoms with Crippen molar-refractivity contribution in [3.63, 3.8) is 0 Å². The van der Waals surface area contributed by atoms with E-state index in [0.717, 1.165) is 31.0 Å². The van der Waals surface area contributed by atoms with Crippen LogP contribution in [0, 0.1) is 23.7 Å². The summed E-state index contributed by atoms with van der Waals surface area (Å²) in [5.41, 5.74) is 0. The first-order chi connectivity index (χ1) is 8.22. The first kappa shape index (κ1) is 13.4. The molecule has 100 valence electrons. The fourth-order valence-electron chi connectivity index (χ4n) is 3.91. The van der Waals surface area contributed by atoms with Gasteiger partial charge < -0.3 is 9.47 Å². The van der Waals surface area contributed by atoms with Gasteiger partial charge in [-0.2, -0.15) is 0 Å². The Labute approximate surface area is 106 Å². The van der Waals surface area contributed by atoms with Crippen LogP contribution in [0.3, 0.4) is 0 Å². The molecule has 0 spiro atoms. The monoisotopic (exact) mass is 240 g/mol. The summed E-state index contributed by atoms with van der Waals surface area (Å²) in [5.74, 6) is 3.21. The second-order valence-corrected chi connectivity index (χ2v) is 6.17. The highest BCUT2D eigenvalue weighted by atomic mass is 16.5. The fraction of sp³-hybridized carbons (Fsp3) is 1.00. The molecule has 2 heteroatoms. The van der Waals surface area contributed by atoms with E-state index in [-0.39, 0.29) is 0 Å². The van der Waals surface area contributed by atoms with Crippen LogP contribution in [0.15, 0.2) is 0 Å². The predicted octanol–water partition coefficient (Wildman–Crippen LogP) is 3.50. The highest BCUT2D eigenvalue weighted by Gasteiger charge is 2.37. The van der Waals surface area contributed by atoms with E-state index < -0.39 is 0 Å². The highest BCUT2D eigenvalue weighted by Crippen LogP contribution is 2.43. The van der Waals surface area contributed by atoms with Crippen LogP contribution in [0.25, 0.3) is 0 Å². The number of fused-ring (bicyclic) bond motifs is 1. The van der Waals surface area contributed by atoms with Crippen LogP contribution in [0.5, 0.6) is 0 Å². The SMILES string of the molecule is COCC(C)[C@@H]1CCCC2CCC(C)OCC21. The molecule has 1 aliphatic heterocycles. The maximum Gasteiger partial charge on any atom is 0.0547 e. The molecule has 0 aromatic rings. The molecule has 0 radical (unpaired) electrons.